The van der Waals surface area contributed by atoms with Gasteiger partial charge in [-0.2, -0.15) is 4.31 Å². The predicted molar refractivity (Wildman–Crippen MR) is 69.1 cm³/mol. The van der Waals surface area contributed by atoms with Gasteiger partial charge in [-0.05, 0) is 18.6 Å². The second-order valence-corrected chi connectivity index (χ2v) is 6.00. The van der Waals surface area contributed by atoms with Crippen LogP contribution in [-0.4, -0.2) is 43.0 Å². The van der Waals surface area contributed by atoms with Crippen LogP contribution >= 0.6 is 0 Å². The molecule has 1 aromatic carbocycles. The standard InChI is InChI=1S/C10H15N3O5S/c1-7-5-8(11)9(13(15)16)6-10(7)19(17,18)12(2)3-4-14/h5-6,14H,3-4,11H2,1-2H3. The van der Waals surface area contributed by atoms with Crippen molar-refractivity contribution in [3.05, 3.63) is 27.8 Å². The minimum atomic E-state index is -3.89. The van der Waals surface area contributed by atoms with Gasteiger partial charge in [0, 0.05) is 19.7 Å². The van der Waals surface area contributed by atoms with Gasteiger partial charge in [-0.25, -0.2) is 8.42 Å². The quantitative estimate of drug-likeness (QED) is 0.449. The fourth-order valence-electron chi connectivity index (χ4n) is 1.56. The second kappa shape index (κ2) is 5.51. The number of hydrogen-bond acceptors (Lipinski definition) is 6. The van der Waals surface area contributed by atoms with Gasteiger partial charge < -0.3 is 10.8 Å². The van der Waals surface area contributed by atoms with Crippen LogP contribution in [0.3, 0.4) is 0 Å². The highest BCUT2D eigenvalue weighted by Gasteiger charge is 2.26. The number of nitro groups is 1. The zero-order valence-corrected chi connectivity index (χ0v) is 11.3. The molecule has 0 amide bonds. The summed E-state index contributed by atoms with van der Waals surface area (Å²) in [5.74, 6) is 0. The van der Waals surface area contributed by atoms with E-state index >= 15 is 0 Å². The molecule has 0 bridgehead atoms. The van der Waals surface area contributed by atoms with Gasteiger partial charge in [-0.15, -0.1) is 0 Å². The molecule has 0 saturated carbocycles. The Labute approximate surface area is 110 Å². The van der Waals surface area contributed by atoms with Gasteiger partial charge in [0.15, 0.2) is 0 Å². The number of benzene rings is 1. The molecular weight excluding hydrogens is 274 g/mol. The number of sulfonamides is 1. The van der Waals surface area contributed by atoms with Crippen molar-refractivity contribution in [2.75, 3.05) is 25.9 Å². The molecule has 0 fully saturated rings. The van der Waals surface area contributed by atoms with Gasteiger partial charge in [0.1, 0.15) is 5.69 Å². The molecule has 0 unspecified atom stereocenters. The Balaban J connectivity index is 3.43. The van der Waals surface area contributed by atoms with E-state index in [-0.39, 0.29) is 23.7 Å². The van der Waals surface area contributed by atoms with E-state index in [0.717, 1.165) is 10.4 Å². The average Bonchev–Trinajstić information content (AvgIpc) is 2.28. The van der Waals surface area contributed by atoms with Gasteiger partial charge in [-0.3, -0.25) is 10.1 Å². The van der Waals surface area contributed by atoms with Gasteiger partial charge in [-0.1, -0.05) is 0 Å². The van der Waals surface area contributed by atoms with Crippen LogP contribution in [0, 0.1) is 17.0 Å². The van der Waals surface area contributed by atoms with Crippen molar-refractivity contribution in [2.24, 2.45) is 0 Å². The summed E-state index contributed by atoms with van der Waals surface area (Å²) in [4.78, 5) is 9.86. The van der Waals surface area contributed by atoms with E-state index in [9.17, 15) is 18.5 Å². The van der Waals surface area contributed by atoms with E-state index < -0.39 is 20.6 Å². The minimum Gasteiger partial charge on any atom is -0.395 e. The van der Waals surface area contributed by atoms with Crippen LogP contribution in [0.25, 0.3) is 0 Å². The summed E-state index contributed by atoms with van der Waals surface area (Å²) >= 11 is 0. The number of likely N-dealkylation sites (N-methyl/N-ethyl adjacent to an activating group) is 1. The van der Waals surface area contributed by atoms with Crippen LogP contribution in [0.1, 0.15) is 5.56 Å². The molecule has 106 valence electrons. The minimum absolute atomic E-state index is 0.0914. The Morgan fingerprint density at radius 1 is 1.47 bits per heavy atom. The number of nitrogens with zero attached hydrogens (tertiary/aromatic N) is 2. The van der Waals surface area contributed by atoms with Gasteiger partial charge in [0.2, 0.25) is 10.0 Å². The van der Waals surface area contributed by atoms with E-state index in [2.05, 4.69) is 0 Å². The number of hydrogen-bond donors (Lipinski definition) is 2. The topological polar surface area (TPSA) is 127 Å². The van der Waals surface area contributed by atoms with Crippen LogP contribution in [0.15, 0.2) is 17.0 Å². The molecule has 0 heterocycles. The van der Waals surface area contributed by atoms with Crippen molar-refractivity contribution >= 4 is 21.4 Å². The third kappa shape index (κ3) is 3.00. The largest absolute Gasteiger partial charge is 0.395 e. The van der Waals surface area contributed by atoms with Crippen LogP contribution in [0.2, 0.25) is 0 Å². The molecule has 9 heteroatoms. The highest BCUT2D eigenvalue weighted by atomic mass is 32.2. The number of anilines is 1. The molecule has 0 atom stereocenters. The van der Waals surface area contributed by atoms with Crippen molar-refractivity contribution < 1.29 is 18.4 Å². The van der Waals surface area contributed by atoms with Crippen molar-refractivity contribution in [1.29, 1.82) is 0 Å². The molecule has 1 rings (SSSR count). The SMILES string of the molecule is Cc1cc(N)c([N+](=O)[O-])cc1S(=O)(=O)N(C)CCO. The summed E-state index contributed by atoms with van der Waals surface area (Å²) in [5, 5.41) is 19.6. The monoisotopic (exact) mass is 289 g/mol. The summed E-state index contributed by atoms with van der Waals surface area (Å²) in [6.07, 6.45) is 0. The van der Waals surface area contributed by atoms with Crippen LogP contribution in [0.5, 0.6) is 0 Å². The number of aliphatic hydroxyl groups is 1. The number of aliphatic hydroxyl groups excluding tert-OH is 1. The number of nitrogens with two attached hydrogens (primary N) is 1. The highest BCUT2D eigenvalue weighted by Crippen LogP contribution is 2.29. The first-order chi connectivity index (χ1) is 8.71. The molecule has 8 nitrogen and oxygen atoms in total. The van der Waals surface area contributed by atoms with Crippen LogP contribution in [-0.2, 0) is 10.0 Å². The maximum absolute atomic E-state index is 12.2. The Kier molecular flexibility index (Phi) is 4.45. The van der Waals surface area contributed by atoms with Gasteiger partial charge >= 0.3 is 0 Å². The highest BCUT2D eigenvalue weighted by molar-refractivity contribution is 7.89. The normalized spacial score (nSPS) is 11.8. The number of nitro benzene ring substituents is 1. The second-order valence-electron chi connectivity index (χ2n) is 3.98. The van der Waals surface area contributed by atoms with Crippen molar-refractivity contribution in [3.63, 3.8) is 0 Å². The zero-order valence-electron chi connectivity index (χ0n) is 10.5. The Hall–Kier alpha value is -1.71. The molecule has 0 aliphatic heterocycles. The maximum Gasteiger partial charge on any atom is 0.293 e. The lowest BCUT2D eigenvalue weighted by atomic mass is 10.2. The third-order valence-electron chi connectivity index (χ3n) is 2.62. The molecular formula is C10H15N3O5S. The van der Waals surface area contributed by atoms with Crippen molar-refractivity contribution in [2.45, 2.75) is 11.8 Å². The van der Waals surface area contributed by atoms with E-state index in [1.807, 2.05) is 0 Å². The van der Waals surface area contributed by atoms with Crippen molar-refractivity contribution in [3.8, 4) is 0 Å². The first kappa shape index (κ1) is 15.3. The first-order valence-electron chi connectivity index (χ1n) is 5.33. The summed E-state index contributed by atoms with van der Waals surface area (Å²) in [6, 6.07) is 2.19. The third-order valence-corrected chi connectivity index (χ3v) is 4.62. The fraction of sp³-hybridized carbons (Fsp3) is 0.400. The first-order valence-corrected chi connectivity index (χ1v) is 6.77. The molecule has 0 saturated heterocycles. The molecule has 0 spiro atoms. The average molecular weight is 289 g/mol. The molecule has 0 aliphatic rings. The smallest absolute Gasteiger partial charge is 0.293 e. The lowest BCUT2D eigenvalue weighted by molar-refractivity contribution is -0.384. The van der Waals surface area contributed by atoms with Crippen LogP contribution < -0.4 is 5.73 Å². The molecule has 1 aromatic rings. The molecule has 19 heavy (non-hydrogen) atoms. The maximum atomic E-state index is 12.2. The summed E-state index contributed by atoms with van der Waals surface area (Å²) in [6.45, 7) is 1.06. The molecule has 3 N–H and O–H groups in total. The number of nitrogen functional groups attached to an aromatic ring is 1. The molecule has 0 aromatic heterocycles. The predicted octanol–water partition coefficient (Wildman–Crippen LogP) is 0.0982. The Bertz CT molecular complexity index is 599. The zero-order chi connectivity index (χ0) is 14.8. The van der Waals surface area contributed by atoms with Gasteiger partial charge in [0.05, 0.1) is 16.4 Å². The lowest BCUT2D eigenvalue weighted by Crippen LogP contribution is -2.30. The van der Waals surface area contributed by atoms with E-state index in [1.54, 1.807) is 0 Å². The van der Waals surface area contributed by atoms with E-state index in [4.69, 9.17) is 10.8 Å². The van der Waals surface area contributed by atoms with Crippen LogP contribution in [0.4, 0.5) is 11.4 Å². The Morgan fingerprint density at radius 2 is 2.05 bits per heavy atom. The molecule has 0 radical (unpaired) electrons. The van der Waals surface area contributed by atoms with E-state index in [1.165, 1.54) is 20.0 Å². The van der Waals surface area contributed by atoms with Crippen molar-refractivity contribution in [1.82, 2.24) is 4.31 Å². The summed E-state index contributed by atoms with van der Waals surface area (Å²) < 4.78 is 25.3. The number of rotatable bonds is 5. The summed E-state index contributed by atoms with van der Waals surface area (Å²) in [5.41, 5.74) is 5.24. The summed E-state index contributed by atoms with van der Waals surface area (Å²) in [7, 11) is -2.61. The number of aryl methyl sites for hydroxylation is 1. The fourth-order valence-corrected chi connectivity index (χ4v) is 2.95. The van der Waals surface area contributed by atoms with E-state index in [0.29, 0.717) is 5.56 Å². The van der Waals surface area contributed by atoms with Gasteiger partial charge in [0.25, 0.3) is 5.69 Å². The Morgan fingerprint density at radius 3 is 2.53 bits per heavy atom. The lowest BCUT2D eigenvalue weighted by Gasteiger charge is -2.17. The molecule has 0 aliphatic carbocycles.